The smallest absolute Gasteiger partial charge is 0.272 e. The summed E-state index contributed by atoms with van der Waals surface area (Å²) in [5, 5.41) is 1.95. The molecular formula is C5H3ClN2O2. The number of imide groups is 1. The van der Waals surface area contributed by atoms with Crippen LogP contribution in [0.25, 0.3) is 0 Å². The Morgan fingerprint density at radius 3 is 2.80 bits per heavy atom. The van der Waals surface area contributed by atoms with Gasteiger partial charge in [0.05, 0.1) is 5.57 Å². The molecule has 0 atom stereocenters. The SMILES string of the molecule is O=C1N=CC(=CCl)C(=O)N1. The maximum Gasteiger partial charge on any atom is 0.347 e. The lowest BCUT2D eigenvalue weighted by Crippen LogP contribution is -2.33. The molecule has 0 saturated heterocycles. The van der Waals surface area contributed by atoms with Gasteiger partial charge in [-0.3, -0.25) is 10.1 Å². The molecule has 0 bridgehead atoms. The van der Waals surface area contributed by atoms with Crippen molar-refractivity contribution in [3.8, 4) is 0 Å². The summed E-state index contributed by atoms with van der Waals surface area (Å²) in [5.41, 5.74) is 1.24. The third-order valence-electron chi connectivity index (χ3n) is 0.921. The van der Waals surface area contributed by atoms with E-state index < -0.39 is 11.9 Å². The highest BCUT2D eigenvalue weighted by Gasteiger charge is 2.14. The second kappa shape index (κ2) is 2.62. The highest BCUT2D eigenvalue weighted by Crippen LogP contribution is 1.98. The number of carbonyl (C=O) groups excluding carboxylic acids is 2. The van der Waals surface area contributed by atoms with E-state index in [4.69, 9.17) is 11.6 Å². The number of carbonyl (C=O) groups is 2. The van der Waals surface area contributed by atoms with Crippen molar-refractivity contribution in [3.63, 3.8) is 0 Å². The maximum absolute atomic E-state index is 10.7. The fraction of sp³-hybridized carbons (Fsp3) is 0. The van der Waals surface area contributed by atoms with Crippen LogP contribution < -0.4 is 5.32 Å². The Hall–Kier alpha value is -1.16. The molecule has 1 aliphatic heterocycles. The predicted octanol–water partition coefficient (Wildman–Crippen LogP) is 0.430. The van der Waals surface area contributed by atoms with Crippen LogP contribution >= 0.6 is 11.6 Å². The third-order valence-corrected chi connectivity index (χ3v) is 1.16. The summed E-state index contributed by atoms with van der Waals surface area (Å²) in [5.74, 6) is -0.519. The van der Waals surface area contributed by atoms with Crippen molar-refractivity contribution in [2.24, 2.45) is 4.99 Å². The molecule has 1 N–H and O–H groups in total. The summed E-state index contributed by atoms with van der Waals surface area (Å²) < 4.78 is 0. The third kappa shape index (κ3) is 1.22. The van der Waals surface area contributed by atoms with Crippen LogP contribution in [0.5, 0.6) is 0 Å². The van der Waals surface area contributed by atoms with E-state index in [1.165, 1.54) is 0 Å². The molecule has 0 spiro atoms. The van der Waals surface area contributed by atoms with Gasteiger partial charge in [0.25, 0.3) is 5.91 Å². The fourth-order valence-corrected chi connectivity index (χ4v) is 0.622. The van der Waals surface area contributed by atoms with Gasteiger partial charge in [0.1, 0.15) is 0 Å². The molecule has 3 amide bonds. The summed E-state index contributed by atoms with van der Waals surface area (Å²) in [7, 11) is 0. The summed E-state index contributed by atoms with van der Waals surface area (Å²) >= 11 is 5.20. The number of aliphatic imine (C=N–C) groups is 1. The minimum absolute atomic E-state index is 0.182. The van der Waals surface area contributed by atoms with Gasteiger partial charge >= 0.3 is 6.03 Å². The number of halogens is 1. The standard InChI is InChI=1S/C5H3ClN2O2/c6-1-3-2-7-5(10)8-4(3)9/h1-2H,(H,8,9,10). The van der Waals surface area contributed by atoms with Gasteiger partial charge in [-0.2, -0.15) is 0 Å². The van der Waals surface area contributed by atoms with E-state index in [0.717, 1.165) is 11.7 Å². The number of nitrogens with zero attached hydrogens (tertiary/aromatic N) is 1. The molecule has 0 aromatic carbocycles. The maximum atomic E-state index is 10.7. The molecule has 52 valence electrons. The van der Waals surface area contributed by atoms with E-state index in [1.807, 2.05) is 5.32 Å². The zero-order chi connectivity index (χ0) is 7.56. The Balaban J connectivity index is 2.93. The van der Waals surface area contributed by atoms with Crippen molar-refractivity contribution >= 4 is 29.8 Å². The Morgan fingerprint density at radius 1 is 1.60 bits per heavy atom. The van der Waals surface area contributed by atoms with E-state index in [0.29, 0.717) is 0 Å². The summed E-state index contributed by atoms with van der Waals surface area (Å²) in [6.45, 7) is 0. The molecule has 10 heavy (non-hydrogen) atoms. The second-order valence-corrected chi connectivity index (χ2v) is 1.80. The van der Waals surface area contributed by atoms with Crippen LogP contribution in [0.2, 0.25) is 0 Å². The first kappa shape index (κ1) is 6.95. The van der Waals surface area contributed by atoms with Crippen LogP contribution in [0.3, 0.4) is 0 Å². The normalized spacial score (nSPS) is 21.5. The molecule has 0 unspecified atom stereocenters. The Morgan fingerprint density at radius 2 is 2.30 bits per heavy atom. The van der Waals surface area contributed by atoms with Gasteiger partial charge in [-0.05, 0) is 0 Å². The number of hydrogen-bond acceptors (Lipinski definition) is 2. The van der Waals surface area contributed by atoms with Crippen LogP contribution in [-0.2, 0) is 4.79 Å². The van der Waals surface area contributed by atoms with Gasteiger partial charge in [0, 0.05) is 11.7 Å². The van der Waals surface area contributed by atoms with Crippen molar-refractivity contribution in [3.05, 3.63) is 11.1 Å². The van der Waals surface area contributed by atoms with Gasteiger partial charge in [0.15, 0.2) is 0 Å². The molecule has 1 rings (SSSR count). The van der Waals surface area contributed by atoms with E-state index >= 15 is 0 Å². The number of urea groups is 1. The highest BCUT2D eigenvalue weighted by atomic mass is 35.5. The highest BCUT2D eigenvalue weighted by molar-refractivity contribution is 6.33. The molecule has 0 aromatic rings. The summed E-state index contributed by atoms with van der Waals surface area (Å²) in [6, 6.07) is -0.660. The van der Waals surface area contributed by atoms with Crippen LogP contribution in [-0.4, -0.2) is 18.2 Å². The second-order valence-electron chi connectivity index (χ2n) is 1.58. The average molecular weight is 159 g/mol. The number of nitrogens with one attached hydrogen (secondary N) is 1. The lowest BCUT2D eigenvalue weighted by Gasteiger charge is -2.03. The summed E-state index contributed by atoms with van der Waals surface area (Å²) in [6.07, 6.45) is 1.12. The van der Waals surface area contributed by atoms with Crippen molar-refractivity contribution in [1.82, 2.24) is 5.32 Å². The van der Waals surface area contributed by atoms with E-state index in [2.05, 4.69) is 4.99 Å². The first-order chi connectivity index (χ1) is 4.74. The minimum Gasteiger partial charge on any atom is -0.272 e. The first-order valence-electron chi connectivity index (χ1n) is 2.44. The number of rotatable bonds is 0. The van der Waals surface area contributed by atoms with Crippen LogP contribution in [0.4, 0.5) is 4.79 Å². The lowest BCUT2D eigenvalue weighted by molar-refractivity contribution is -0.116. The molecule has 0 fully saturated rings. The fourth-order valence-electron chi connectivity index (χ4n) is 0.466. The summed E-state index contributed by atoms with van der Waals surface area (Å²) in [4.78, 5) is 24.3. The average Bonchev–Trinajstić information content (AvgIpc) is 1.88. The number of hydrogen-bond donors (Lipinski definition) is 1. The molecule has 5 heteroatoms. The van der Waals surface area contributed by atoms with Gasteiger partial charge < -0.3 is 0 Å². The van der Waals surface area contributed by atoms with Crippen LogP contribution in [0.1, 0.15) is 0 Å². The van der Waals surface area contributed by atoms with E-state index in [-0.39, 0.29) is 5.57 Å². The Kier molecular flexibility index (Phi) is 1.82. The first-order valence-corrected chi connectivity index (χ1v) is 2.87. The van der Waals surface area contributed by atoms with Crippen molar-refractivity contribution in [2.75, 3.05) is 0 Å². The van der Waals surface area contributed by atoms with Crippen molar-refractivity contribution in [1.29, 1.82) is 0 Å². The van der Waals surface area contributed by atoms with E-state index in [9.17, 15) is 9.59 Å². The molecule has 0 aromatic heterocycles. The largest absolute Gasteiger partial charge is 0.347 e. The molecule has 0 radical (unpaired) electrons. The van der Waals surface area contributed by atoms with E-state index in [1.54, 1.807) is 0 Å². The molecule has 1 heterocycles. The molecule has 4 nitrogen and oxygen atoms in total. The Labute approximate surface area is 61.6 Å². The van der Waals surface area contributed by atoms with Gasteiger partial charge in [-0.25, -0.2) is 9.79 Å². The molecular weight excluding hydrogens is 156 g/mol. The Bertz CT molecular complexity index is 244. The minimum atomic E-state index is -0.660. The molecule has 0 aliphatic carbocycles. The van der Waals surface area contributed by atoms with Crippen LogP contribution in [0.15, 0.2) is 16.1 Å². The predicted molar refractivity (Wildman–Crippen MR) is 36.0 cm³/mol. The zero-order valence-corrected chi connectivity index (χ0v) is 5.55. The van der Waals surface area contributed by atoms with Crippen molar-refractivity contribution < 1.29 is 9.59 Å². The van der Waals surface area contributed by atoms with Crippen molar-refractivity contribution in [2.45, 2.75) is 0 Å². The molecule has 1 aliphatic rings. The van der Waals surface area contributed by atoms with Crippen LogP contribution in [0, 0.1) is 0 Å². The van der Waals surface area contributed by atoms with Gasteiger partial charge in [-0.1, -0.05) is 11.6 Å². The monoisotopic (exact) mass is 158 g/mol. The number of amides is 3. The molecule has 0 saturated carbocycles. The zero-order valence-electron chi connectivity index (χ0n) is 4.80. The topological polar surface area (TPSA) is 58.5 Å². The lowest BCUT2D eigenvalue weighted by atomic mass is 10.3. The van der Waals surface area contributed by atoms with Gasteiger partial charge in [0.2, 0.25) is 0 Å². The van der Waals surface area contributed by atoms with Gasteiger partial charge in [-0.15, -0.1) is 0 Å². The quantitative estimate of drug-likeness (QED) is 0.520.